The smallest absolute Gasteiger partial charge is 0.0587 e. The fraction of sp³-hybridized carbons (Fsp3) is 0.600. The average Bonchev–Trinajstić information content (AvgIpc) is 2.37. The molecule has 0 radical (unpaired) electrons. The largest absolute Gasteiger partial charge is 0.383 e. The van der Waals surface area contributed by atoms with Gasteiger partial charge >= 0.3 is 0 Å². The second-order valence-corrected chi connectivity index (χ2v) is 6.83. The van der Waals surface area contributed by atoms with E-state index in [-0.39, 0.29) is 0 Å². The summed E-state index contributed by atoms with van der Waals surface area (Å²) in [5.74, 6) is 0.649. The van der Waals surface area contributed by atoms with Crippen LogP contribution < -0.4 is 5.32 Å². The first-order valence-electron chi connectivity index (χ1n) is 6.69. The van der Waals surface area contributed by atoms with Crippen LogP contribution in [0.3, 0.4) is 0 Å². The summed E-state index contributed by atoms with van der Waals surface area (Å²) in [7, 11) is 1.71. The third-order valence-corrected chi connectivity index (χ3v) is 5.01. The second kappa shape index (κ2) is 8.85. The van der Waals surface area contributed by atoms with E-state index in [0.717, 1.165) is 24.7 Å². The van der Waals surface area contributed by atoms with Crippen molar-refractivity contribution in [3.05, 3.63) is 28.8 Å². The van der Waals surface area contributed by atoms with Crippen LogP contribution in [0.4, 0.5) is 0 Å². The maximum Gasteiger partial charge on any atom is 0.0587 e. The van der Waals surface area contributed by atoms with Gasteiger partial charge in [0.15, 0.2) is 0 Å². The normalized spacial score (nSPS) is 12.9. The molecule has 108 valence electrons. The van der Waals surface area contributed by atoms with Gasteiger partial charge in [0.2, 0.25) is 0 Å². The van der Waals surface area contributed by atoms with Crippen molar-refractivity contribution in [1.82, 2.24) is 5.32 Å². The van der Waals surface area contributed by atoms with Crippen molar-refractivity contribution in [2.24, 2.45) is 5.92 Å². The zero-order valence-corrected chi connectivity index (χ0v) is 13.8. The van der Waals surface area contributed by atoms with Crippen molar-refractivity contribution in [2.45, 2.75) is 37.5 Å². The highest BCUT2D eigenvalue weighted by Crippen LogP contribution is 2.33. The van der Waals surface area contributed by atoms with Crippen LogP contribution in [0.15, 0.2) is 23.1 Å². The Kier molecular flexibility index (Phi) is 7.84. The number of hydrogen-bond acceptors (Lipinski definition) is 3. The lowest BCUT2D eigenvalue weighted by molar-refractivity contribution is 0.199. The fourth-order valence-corrected chi connectivity index (χ4v) is 2.82. The van der Waals surface area contributed by atoms with E-state index in [9.17, 15) is 0 Å². The summed E-state index contributed by atoms with van der Waals surface area (Å²) < 4.78 is 5.00. The highest BCUT2D eigenvalue weighted by Gasteiger charge is 2.11. The number of halogens is 1. The Morgan fingerprint density at radius 1 is 1.32 bits per heavy atom. The molecule has 0 aliphatic heterocycles. The molecule has 1 N–H and O–H groups in total. The lowest BCUT2D eigenvalue weighted by atomic mass is 10.2. The van der Waals surface area contributed by atoms with E-state index in [1.807, 2.05) is 11.8 Å². The zero-order valence-electron chi connectivity index (χ0n) is 12.2. The molecule has 0 spiro atoms. The van der Waals surface area contributed by atoms with Gasteiger partial charge in [-0.2, -0.15) is 0 Å². The maximum absolute atomic E-state index is 6.34. The van der Waals surface area contributed by atoms with Crippen molar-refractivity contribution in [1.29, 1.82) is 0 Å². The minimum atomic E-state index is 0.572. The van der Waals surface area contributed by atoms with Crippen molar-refractivity contribution in [3.63, 3.8) is 0 Å². The Bertz CT molecular complexity index is 384. The monoisotopic (exact) mass is 301 g/mol. The molecule has 0 aliphatic rings. The van der Waals surface area contributed by atoms with E-state index < -0.39 is 0 Å². The van der Waals surface area contributed by atoms with Crippen LogP contribution in [0.5, 0.6) is 0 Å². The summed E-state index contributed by atoms with van der Waals surface area (Å²) in [6, 6.07) is 6.32. The molecule has 0 amide bonds. The first-order valence-corrected chi connectivity index (χ1v) is 7.95. The quantitative estimate of drug-likeness (QED) is 0.574. The molecule has 0 saturated carbocycles. The Morgan fingerprint density at radius 2 is 2.05 bits per heavy atom. The van der Waals surface area contributed by atoms with Crippen molar-refractivity contribution in [2.75, 3.05) is 20.3 Å². The van der Waals surface area contributed by atoms with Crippen LogP contribution in [-0.2, 0) is 11.3 Å². The molecule has 0 aliphatic carbocycles. The molecule has 0 fully saturated rings. The van der Waals surface area contributed by atoms with Crippen LogP contribution in [0.25, 0.3) is 0 Å². The van der Waals surface area contributed by atoms with Crippen molar-refractivity contribution in [3.8, 4) is 0 Å². The summed E-state index contributed by atoms with van der Waals surface area (Å²) in [6.45, 7) is 9.13. The molecule has 4 heteroatoms. The third-order valence-electron chi connectivity index (χ3n) is 3.06. The van der Waals surface area contributed by atoms with Crippen LogP contribution in [-0.4, -0.2) is 25.5 Å². The van der Waals surface area contributed by atoms with E-state index in [0.29, 0.717) is 11.2 Å². The van der Waals surface area contributed by atoms with E-state index >= 15 is 0 Å². The Morgan fingerprint density at radius 3 is 2.63 bits per heavy atom. The number of benzene rings is 1. The van der Waals surface area contributed by atoms with Gasteiger partial charge in [-0.3, -0.25) is 0 Å². The summed E-state index contributed by atoms with van der Waals surface area (Å²) in [5.41, 5.74) is 1.21. The zero-order chi connectivity index (χ0) is 14.3. The van der Waals surface area contributed by atoms with Crippen molar-refractivity contribution < 1.29 is 4.74 Å². The van der Waals surface area contributed by atoms with Gasteiger partial charge in [0, 0.05) is 30.3 Å². The minimum absolute atomic E-state index is 0.572. The number of hydrogen-bond donors (Lipinski definition) is 1. The van der Waals surface area contributed by atoms with E-state index in [4.69, 9.17) is 16.3 Å². The molecule has 1 atom stereocenters. The first kappa shape index (κ1) is 16.8. The van der Waals surface area contributed by atoms with E-state index in [1.54, 1.807) is 7.11 Å². The maximum atomic E-state index is 6.34. The van der Waals surface area contributed by atoms with Crippen LogP contribution in [0, 0.1) is 5.92 Å². The van der Waals surface area contributed by atoms with Gasteiger partial charge in [-0.1, -0.05) is 38.4 Å². The van der Waals surface area contributed by atoms with Gasteiger partial charge in [0.25, 0.3) is 0 Å². The van der Waals surface area contributed by atoms with E-state index in [1.165, 1.54) is 10.5 Å². The predicted molar refractivity (Wildman–Crippen MR) is 85.2 cm³/mol. The Hall–Kier alpha value is -0.220. The lowest BCUT2D eigenvalue weighted by Crippen LogP contribution is -2.18. The van der Waals surface area contributed by atoms with Crippen LogP contribution >= 0.6 is 23.4 Å². The summed E-state index contributed by atoms with van der Waals surface area (Å²) >= 11 is 8.19. The molecular formula is C15H24ClNOS. The fourth-order valence-electron chi connectivity index (χ4n) is 1.49. The third kappa shape index (κ3) is 6.17. The van der Waals surface area contributed by atoms with Gasteiger partial charge in [0.1, 0.15) is 0 Å². The number of thioether (sulfide) groups is 1. The minimum Gasteiger partial charge on any atom is -0.383 e. The summed E-state index contributed by atoms with van der Waals surface area (Å²) in [6.07, 6.45) is 0. The number of nitrogens with one attached hydrogen (secondary N) is 1. The molecule has 0 aromatic heterocycles. The molecule has 1 rings (SSSR count). The van der Waals surface area contributed by atoms with Crippen LogP contribution in [0.1, 0.15) is 26.3 Å². The van der Waals surface area contributed by atoms with Gasteiger partial charge in [-0.25, -0.2) is 0 Å². The molecule has 1 unspecified atom stereocenters. The highest BCUT2D eigenvalue weighted by molar-refractivity contribution is 8.00. The van der Waals surface area contributed by atoms with Crippen LogP contribution in [0.2, 0.25) is 5.02 Å². The second-order valence-electron chi connectivity index (χ2n) is 5.00. The standard InChI is InChI=1S/C15H24ClNOS/c1-11(2)12(3)19-15-6-5-13(9-14(15)16)10-17-7-8-18-4/h5-6,9,11-12,17H,7-8,10H2,1-4H3. The SMILES string of the molecule is COCCNCc1ccc(SC(C)C(C)C)c(Cl)c1. The van der Waals surface area contributed by atoms with E-state index in [2.05, 4.69) is 44.3 Å². The summed E-state index contributed by atoms with van der Waals surface area (Å²) in [5, 5.41) is 4.74. The Labute approximate surface area is 126 Å². The highest BCUT2D eigenvalue weighted by atomic mass is 35.5. The number of methoxy groups -OCH3 is 1. The molecule has 1 aromatic rings. The van der Waals surface area contributed by atoms with Gasteiger partial charge in [-0.15, -0.1) is 11.8 Å². The Balaban J connectivity index is 2.54. The van der Waals surface area contributed by atoms with Gasteiger partial charge < -0.3 is 10.1 Å². The molecule has 2 nitrogen and oxygen atoms in total. The summed E-state index contributed by atoms with van der Waals surface area (Å²) in [4.78, 5) is 1.17. The van der Waals surface area contributed by atoms with Crippen molar-refractivity contribution >= 4 is 23.4 Å². The molecule has 19 heavy (non-hydrogen) atoms. The molecule has 1 aromatic carbocycles. The molecular weight excluding hydrogens is 278 g/mol. The molecule has 0 saturated heterocycles. The van der Waals surface area contributed by atoms with Gasteiger partial charge in [-0.05, 0) is 23.6 Å². The topological polar surface area (TPSA) is 21.3 Å². The average molecular weight is 302 g/mol. The molecule has 0 bridgehead atoms. The lowest BCUT2D eigenvalue weighted by Gasteiger charge is -2.16. The molecule has 0 heterocycles. The predicted octanol–water partition coefficient (Wildman–Crippen LogP) is 4.21. The number of ether oxygens (including phenoxy) is 1. The first-order chi connectivity index (χ1) is 9.04. The van der Waals surface area contributed by atoms with Gasteiger partial charge in [0.05, 0.1) is 11.6 Å². The number of rotatable bonds is 8.